The maximum absolute atomic E-state index is 13.1. The van der Waals surface area contributed by atoms with E-state index in [0.29, 0.717) is 0 Å². The van der Waals surface area contributed by atoms with Crippen molar-refractivity contribution in [3.8, 4) is 0 Å². The number of hydrogen-bond acceptors (Lipinski definition) is 4. The smallest absolute Gasteiger partial charge is 0.244 e. The minimum Gasteiger partial charge on any atom is -0.326 e. The lowest BCUT2D eigenvalue weighted by atomic mass is 9.91. The topological polar surface area (TPSA) is 76.3 Å². The van der Waals surface area contributed by atoms with Crippen molar-refractivity contribution in [3.63, 3.8) is 0 Å². The average Bonchev–Trinajstić information content (AvgIpc) is 2.38. The number of aromatic nitrogens is 1. The van der Waals surface area contributed by atoms with Crippen LogP contribution in [-0.4, -0.2) is 36.8 Å². The van der Waals surface area contributed by atoms with Crippen LogP contribution < -0.4 is 5.73 Å². The third kappa shape index (κ3) is 2.93. The number of rotatable bonds is 3. The molecule has 19 heavy (non-hydrogen) atoms. The lowest BCUT2D eigenvalue weighted by Crippen LogP contribution is -2.50. The van der Waals surface area contributed by atoms with E-state index in [4.69, 9.17) is 5.73 Å². The van der Waals surface area contributed by atoms with E-state index in [9.17, 15) is 12.8 Å². The summed E-state index contributed by atoms with van der Waals surface area (Å²) in [7, 11) is -2.25. The van der Waals surface area contributed by atoms with Crippen LogP contribution in [0.3, 0.4) is 0 Å². The average molecular weight is 287 g/mol. The molecule has 1 fully saturated rings. The molecule has 1 aromatic rings. The van der Waals surface area contributed by atoms with Crippen LogP contribution in [0, 0.1) is 5.82 Å². The highest BCUT2D eigenvalue weighted by molar-refractivity contribution is 7.89. The number of pyridine rings is 1. The van der Waals surface area contributed by atoms with Crippen molar-refractivity contribution in [2.24, 2.45) is 5.73 Å². The van der Waals surface area contributed by atoms with Gasteiger partial charge in [-0.2, -0.15) is 4.31 Å². The van der Waals surface area contributed by atoms with Crippen molar-refractivity contribution in [1.29, 1.82) is 0 Å². The predicted molar refractivity (Wildman–Crippen MR) is 69.4 cm³/mol. The van der Waals surface area contributed by atoms with Crippen molar-refractivity contribution in [3.05, 3.63) is 24.3 Å². The third-order valence-electron chi connectivity index (χ3n) is 3.61. The Balaban J connectivity index is 2.28. The second-order valence-corrected chi connectivity index (χ2v) is 6.87. The van der Waals surface area contributed by atoms with Gasteiger partial charge in [-0.25, -0.2) is 12.8 Å². The summed E-state index contributed by atoms with van der Waals surface area (Å²) in [6, 6.07) is 0.574. The number of hydrogen-bond donors (Lipinski definition) is 1. The van der Waals surface area contributed by atoms with Crippen molar-refractivity contribution in [2.75, 3.05) is 7.05 Å². The van der Waals surface area contributed by atoms with E-state index in [-0.39, 0.29) is 17.0 Å². The molecule has 1 saturated carbocycles. The molecule has 0 amide bonds. The minimum atomic E-state index is -3.74. The van der Waals surface area contributed by atoms with E-state index < -0.39 is 15.8 Å². The van der Waals surface area contributed by atoms with Gasteiger partial charge in [0.2, 0.25) is 10.0 Å². The van der Waals surface area contributed by atoms with Crippen molar-refractivity contribution >= 4 is 10.0 Å². The summed E-state index contributed by atoms with van der Waals surface area (Å²) in [6.07, 6.45) is 5.66. The molecule has 2 unspecified atom stereocenters. The Kier molecular flexibility index (Phi) is 4.17. The summed E-state index contributed by atoms with van der Waals surface area (Å²) in [5.74, 6) is -0.664. The number of sulfonamides is 1. The van der Waals surface area contributed by atoms with E-state index >= 15 is 0 Å². The number of nitrogens with two attached hydrogens (primary N) is 1. The first kappa shape index (κ1) is 14.4. The predicted octanol–water partition coefficient (Wildman–Crippen LogP) is 1.11. The maximum atomic E-state index is 13.1. The molecule has 0 aromatic carbocycles. The Bertz CT molecular complexity index is 550. The Labute approximate surface area is 112 Å². The van der Waals surface area contributed by atoms with Gasteiger partial charge >= 0.3 is 0 Å². The number of halogens is 1. The molecule has 1 heterocycles. The molecule has 5 nitrogen and oxygen atoms in total. The molecular formula is C12H18FN3O2S. The quantitative estimate of drug-likeness (QED) is 0.903. The van der Waals surface area contributed by atoms with Crippen LogP contribution in [0.25, 0.3) is 0 Å². The van der Waals surface area contributed by atoms with E-state index in [1.54, 1.807) is 0 Å². The van der Waals surface area contributed by atoms with Crippen LogP contribution in [0.5, 0.6) is 0 Å². The van der Waals surface area contributed by atoms with Crippen LogP contribution in [0.4, 0.5) is 4.39 Å². The molecule has 0 spiro atoms. The van der Waals surface area contributed by atoms with Crippen LogP contribution in [0.1, 0.15) is 25.7 Å². The summed E-state index contributed by atoms with van der Waals surface area (Å²) in [4.78, 5) is 3.45. The minimum absolute atomic E-state index is 0.132. The van der Waals surface area contributed by atoms with Crippen LogP contribution in [-0.2, 0) is 10.0 Å². The van der Waals surface area contributed by atoms with Gasteiger partial charge in [0.1, 0.15) is 10.7 Å². The number of likely N-dealkylation sites (N-methyl/N-ethyl adjacent to an activating group) is 1. The lowest BCUT2D eigenvalue weighted by Gasteiger charge is -2.35. The van der Waals surface area contributed by atoms with Gasteiger partial charge < -0.3 is 5.73 Å². The lowest BCUT2D eigenvalue weighted by molar-refractivity contribution is 0.252. The molecular weight excluding hydrogens is 269 g/mol. The standard InChI is InChI=1S/C12H18FN3O2S/c1-16(12-5-3-2-4-11(12)14)19(17,18)10-6-9(13)7-15-8-10/h6-8,11-12H,2-5,14H2,1H3. The van der Waals surface area contributed by atoms with Gasteiger partial charge in [0.15, 0.2) is 0 Å². The summed E-state index contributed by atoms with van der Waals surface area (Å²) >= 11 is 0. The zero-order valence-corrected chi connectivity index (χ0v) is 11.6. The highest BCUT2D eigenvalue weighted by Gasteiger charge is 2.33. The SMILES string of the molecule is CN(C1CCCCC1N)S(=O)(=O)c1cncc(F)c1. The Morgan fingerprint density at radius 2 is 2.05 bits per heavy atom. The van der Waals surface area contributed by atoms with E-state index in [2.05, 4.69) is 4.98 Å². The van der Waals surface area contributed by atoms with E-state index in [1.807, 2.05) is 0 Å². The maximum Gasteiger partial charge on any atom is 0.244 e. The largest absolute Gasteiger partial charge is 0.326 e. The molecule has 2 atom stereocenters. The molecule has 1 aliphatic carbocycles. The molecule has 1 aliphatic rings. The molecule has 1 aromatic heterocycles. The molecule has 2 rings (SSSR count). The van der Waals surface area contributed by atoms with E-state index in [0.717, 1.165) is 44.1 Å². The zero-order chi connectivity index (χ0) is 14.0. The van der Waals surface area contributed by atoms with Gasteiger partial charge in [-0.05, 0) is 18.9 Å². The fourth-order valence-electron chi connectivity index (χ4n) is 2.47. The highest BCUT2D eigenvalue weighted by Crippen LogP contribution is 2.25. The van der Waals surface area contributed by atoms with Gasteiger partial charge in [-0.3, -0.25) is 4.98 Å². The highest BCUT2D eigenvalue weighted by atomic mass is 32.2. The first-order chi connectivity index (χ1) is 8.93. The van der Waals surface area contributed by atoms with Gasteiger partial charge in [-0.15, -0.1) is 0 Å². The molecule has 0 bridgehead atoms. The fourth-order valence-corrected chi connectivity index (χ4v) is 3.88. The zero-order valence-electron chi connectivity index (χ0n) is 10.8. The fraction of sp³-hybridized carbons (Fsp3) is 0.583. The van der Waals surface area contributed by atoms with Gasteiger partial charge in [-0.1, -0.05) is 12.8 Å². The molecule has 0 radical (unpaired) electrons. The second-order valence-electron chi connectivity index (χ2n) is 4.88. The molecule has 7 heteroatoms. The van der Waals surface area contributed by atoms with Gasteiger partial charge in [0.05, 0.1) is 6.20 Å². The van der Waals surface area contributed by atoms with Crippen LogP contribution in [0.15, 0.2) is 23.4 Å². The van der Waals surface area contributed by atoms with Gasteiger partial charge in [0, 0.05) is 25.3 Å². The molecule has 0 aliphatic heterocycles. The first-order valence-electron chi connectivity index (χ1n) is 6.27. The van der Waals surface area contributed by atoms with Crippen molar-refractivity contribution < 1.29 is 12.8 Å². The third-order valence-corrected chi connectivity index (χ3v) is 5.45. The van der Waals surface area contributed by atoms with Crippen molar-refractivity contribution in [1.82, 2.24) is 9.29 Å². The Morgan fingerprint density at radius 3 is 2.68 bits per heavy atom. The summed E-state index contributed by atoms with van der Waals surface area (Å²) in [5.41, 5.74) is 5.99. The van der Waals surface area contributed by atoms with Gasteiger partial charge in [0.25, 0.3) is 0 Å². The number of nitrogens with zero attached hydrogens (tertiary/aromatic N) is 2. The summed E-state index contributed by atoms with van der Waals surface area (Å²) < 4.78 is 39.2. The van der Waals surface area contributed by atoms with Crippen molar-refractivity contribution in [2.45, 2.75) is 42.7 Å². The van der Waals surface area contributed by atoms with Crippen LogP contribution in [0.2, 0.25) is 0 Å². The normalized spacial score (nSPS) is 24.6. The van der Waals surface area contributed by atoms with Crippen LogP contribution >= 0.6 is 0 Å². The van der Waals surface area contributed by atoms with E-state index in [1.165, 1.54) is 11.4 Å². The summed E-state index contributed by atoms with van der Waals surface area (Å²) in [6.45, 7) is 0. The summed E-state index contributed by atoms with van der Waals surface area (Å²) in [5, 5.41) is 0. The second kappa shape index (κ2) is 5.52. The molecule has 0 saturated heterocycles. The Morgan fingerprint density at radius 1 is 1.37 bits per heavy atom. The monoisotopic (exact) mass is 287 g/mol. The molecule has 2 N–H and O–H groups in total. The molecule has 106 valence electrons. The first-order valence-corrected chi connectivity index (χ1v) is 7.71. The Hall–Kier alpha value is -1.05.